The number of hydrogen-bond donors (Lipinski definition) is 3. The van der Waals surface area contributed by atoms with Gasteiger partial charge in [0.1, 0.15) is 6.61 Å². The number of allylic oxidation sites excluding steroid dienone is 2. The Kier molecular flexibility index (Phi) is 9.67. The lowest BCUT2D eigenvalue weighted by Gasteiger charge is -2.30. The van der Waals surface area contributed by atoms with E-state index < -0.39 is 18.1 Å². The van der Waals surface area contributed by atoms with Gasteiger partial charge in [-0.2, -0.15) is 0 Å². The van der Waals surface area contributed by atoms with Crippen molar-refractivity contribution < 1.29 is 14.6 Å². The predicted octanol–water partition coefficient (Wildman–Crippen LogP) is 3.99. The topological polar surface area (TPSA) is 85.7 Å². The summed E-state index contributed by atoms with van der Waals surface area (Å²) in [6.45, 7) is 4.77. The lowest BCUT2D eigenvalue weighted by atomic mass is 10.0. The molecule has 6 nitrogen and oxygen atoms in total. The summed E-state index contributed by atoms with van der Waals surface area (Å²) in [7, 11) is 0. The van der Waals surface area contributed by atoms with Crippen LogP contribution >= 0.6 is 0 Å². The molecule has 1 aliphatic carbocycles. The highest BCUT2D eigenvalue weighted by atomic mass is 16.5. The molecule has 0 aliphatic heterocycles. The molecule has 2 aromatic carbocycles. The van der Waals surface area contributed by atoms with Gasteiger partial charge in [-0.05, 0) is 42.5 Å². The molecule has 0 aromatic heterocycles. The smallest absolute Gasteiger partial charge is 0.264 e. The number of rotatable bonds is 13. The van der Waals surface area contributed by atoms with Gasteiger partial charge in [0.15, 0.2) is 5.88 Å². The van der Waals surface area contributed by atoms with E-state index in [1.54, 1.807) is 0 Å². The van der Waals surface area contributed by atoms with Crippen LogP contribution in [0.1, 0.15) is 24.0 Å². The Morgan fingerprint density at radius 2 is 1.79 bits per heavy atom. The zero-order chi connectivity index (χ0) is 24.2. The first kappa shape index (κ1) is 25.0. The summed E-state index contributed by atoms with van der Waals surface area (Å²) >= 11 is 0. The number of amides is 1. The van der Waals surface area contributed by atoms with Gasteiger partial charge in [0.05, 0.1) is 18.4 Å². The fraction of sp³-hybridized carbons (Fsp3) is 0.286. The van der Waals surface area contributed by atoms with E-state index in [1.807, 2.05) is 60.7 Å². The van der Waals surface area contributed by atoms with Crippen LogP contribution in [0, 0.1) is 5.41 Å². The largest absolute Gasteiger partial charge is 0.475 e. The average Bonchev–Trinajstić information content (AvgIpc) is 2.88. The van der Waals surface area contributed by atoms with Crippen molar-refractivity contribution in [2.24, 2.45) is 0 Å². The van der Waals surface area contributed by atoms with Crippen LogP contribution in [0.3, 0.4) is 0 Å². The van der Waals surface area contributed by atoms with E-state index in [4.69, 9.17) is 10.1 Å². The van der Waals surface area contributed by atoms with E-state index in [-0.39, 0.29) is 6.54 Å². The van der Waals surface area contributed by atoms with E-state index in [0.29, 0.717) is 25.5 Å². The molecular formula is C28H33N3O3. The van der Waals surface area contributed by atoms with Crippen molar-refractivity contribution in [2.45, 2.75) is 38.0 Å². The van der Waals surface area contributed by atoms with Gasteiger partial charge in [0.25, 0.3) is 5.91 Å². The van der Waals surface area contributed by atoms with E-state index >= 15 is 0 Å². The number of aliphatic hydroxyl groups is 1. The summed E-state index contributed by atoms with van der Waals surface area (Å²) in [6.07, 6.45) is 8.75. The molecule has 34 heavy (non-hydrogen) atoms. The summed E-state index contributed by atoms with van der Waals surface area (Å²) in [5.41, 5.74) is 3.07. The second kappa shape index (κ2) is 13.2. The van der Waals surface area contributed by atoms with Gasteiger partial charge in [-0.15, -0.1) is 0 Å². The van der Waals surface area contributed by atoms with E-state index in [0.717, 1.165) is 35.8 Å². The molecule has 3 N–H and O–H groups in total. The average molecular weight is 460 g/mol. The number of hydrogen-bond acceptors (Lipinski definition) is 5. The molecule has 178 valence electrons. The fourth-order valence-electron chi connectivity index (χ4n) is 3.83. The summed E-state index contributed by atoms with van der Waals surface area (Å²) < 4.78 is 5.82. The van der Waals surface area contributed by atoms with Crippen LogP contribution in [0.5, 0.6) is 0 Å². The zero-order valence-electron chi connectivity index (χ0n) is 19.4. The van der Waals surface area contributed by atoms with Crippen molar-refractivity contribution in [3.8, 4) is 0 Å². The molecule has 0 radical (unpaired) electrons. The summed E-state index contributed by atoms with van der Waals surface area (Å²) in [5.74, 6) is -0.0830. The lowest BCUT2D eigenvalue weighted by molar-refractivity contribution is -0.126. The molecule has 0 saturated carbocycles. The number of nitrogens with zero attached hydrogens (tertiary/aromatic N) is 1. The molecule has 0 bridgehead atoms. The summed E-state index contributed by atoms with van der Waals surface area (Å²) in [6, 6.07) is 18.9. The van der Waals surface area contributed by atoms with Crippen LogP contribution in [-0.4, -0.2) is 47.4 Å². The third-order valence-electron chi connectivity index (χ3n) is 5.65. The molecule has 1 aliphatic rings. The first-order valence-corrected chi connectivity index (χ1v) is 11.5. The molecule has 0 fully saturated rings. The summed E-state index contributed by atoms with van der Waals surface area (Å²) in [4.78, 5) is 13.9. The Bertz CT molecular complexity index is 1000. The first-order chi connectivity index (χ1) is 16.5. The monoisotopic (exact) mass is 459 g/mol. The van der Waals surface area contributed by atoms with Gasteiger partial charge in [0.2, 0.25) is 0 Å². The zero-order valence-corrected chi connectivity index (χ0v) is 19.4. The number of nitrogens with one attached hydrogen (secondary N) is 2. The van der Waals surface area contributed by atoms with Crippen molar-refractivity contribution in [2.75, 3.05) is 13.2 Å². The molecule has 0 saturated heterocycles. The van der Waals surface area contributed by atoms with Crippen LogP contribution in [0.2, 0.25) is 0 Å². The second-order valence-corrected chi connectivity index (χ2v) is 8.33. The molecule has 0 spiro atoms. The number of ether oxygens (including phenoxy) is 1. The van der Waals surface area contributed by atoms with Gasteiger partial charge in [-0.3, -0.25) is 4.79 Å². The van der Waals surface area contributed by atoms with Gasteiger partial charge in [0, 0.05) is 13.1 Å². The number of carbonyl (C=O) groups excluding carboxylic acids is 1. The molecule has 2 aromatic rings. The third kappa shape index (κ3) is 8.05. The van der Waals surface area contributed by atoms with Gasteiger partial charge in [-0.1, -0.05) is 78.9 Å². The molecule has 2 atom stereocenters. The minimum Gasteiger partial charge on any atom is -0.475 e. The van der Waals surface area contributed by atoms with Crippen LogP contribution < -0.4 is 5.32 Å². The maximum atomic E-state index is 12.4. The van der Waals surface area contributed by atoms with Crippen molar-refractivity contribution in [3.63, 3.8) is 0 Å². The molecule has 6 heteroatoms. The highest BCUT2D eigenvalue weighted by Gasteiger charge is 2.25. The second-order valence-electron chi connectivity index (χ2n) is 8.33. The van der Waals surface area contributed by atoms with E-state index in [1.165, 1.54) is 4.90 Å². The maximum absolute atomic E-state index is 12.4. The lowest BCUT2D eigenvalue weighted by Crippen LogP contribution is -2.48. The minimum absolute atomic E-state index is 0.0643. The quantitative estimate of drug-likeness (QED) is 0.312. The van der Waals surface area contributed by atoms with Crippen LogP contribution in [-0.2, 0) is 22.5 Å². The van der Waals surface area contributed by atoms with Gasteiger partial charge >= 0.3 is 0 Å². The number of carbonyl (C=O) groups is 1. The standard InChI is InChI=1S/C28H33N3O3/c1-22(34-21-25-15-9-4-10-16-25)30-26(17-23-11-5-2-6-12-23)27(32)20-31(28(33)18-29)19-24-13-7-3-8-14-24/h2-3,5-9,11-16,18,26-27,29-30,32H,1,4,10,17,19-21H2/t26?,27-/m1/s1. The Labute approximate surface area is 201 Å². The van der Waals surface area contributed by atoms with Crippen molar-refractivity contribution in [1.82, 2.24) is 10.2 Å². The fourth-order valence-corrected chi connectivity index (χ4v) is 3.83. The summed E-state index contributed by atoms with van der Waals surface area (Å²) in [5, 5.41) is 21.8. The van der Waals surface area contributed by atoms with Gasteiger partial charge < -0.3 is 25.5 Å². The Morgan fingerprint density at radius 3 is 2.41 bits per heavy atom. The molecule has 3 rings (SSSR count). The van der Waals surface area contributed by atoms with E-state index in [9.17, 15) is 9.90 Å². The SMILES string of the molecule is C=C(NC(Cc1ccccc1)[C@H](O)CN(Cc1ccccc1)C(=O)C=N)OCC1=CCCC=C1. The third-order valence-corrected chi connectivity index (χ3v) is 5.65. The molecule has 0 heterocycles. The Hall–Kier alpha value is -3.64. The molecule has 1 unspecified atom stereocenters. The van der Waals surface area contributed by atoms with Crippen LogP contribution in [0.15, 0.2) is 96.9 Å². The maximum Gasteiger partial charge on any atom is 0.264 e. The van der Waals surface area contributed by atoms with Gasteiger partial charge in [-0.25, -0.2) is 0 Å². The van der Waals surface area contributed by atoms with Crippen molar-refractivity contribution in [3.05, 3.63) is 108 Å². The van der Waals surface area contributed by atoms with Crippen LogP contribution in [0.4, 0.5) is 0 Å². The Morgan fingerprint density at radius 1 is 1.12 bits per heavy atom. The van der Waals surface area contributed by atoms with Crippen molar-refractivity contribution >= 4 is 12.1 Å². The minimum atomic E-state index is -0.915. The van der Waals surface area contributed by atoms with Crippen LogP contribution in [0.25, 0.3) is 0 Å². The molecule has 1 amide bonds. The normalized spacial score (nSPS) is 14.4. The molecular weight excluding hydrogens is 426 g/mol. The van der Waals surface area contributed by atoms with E-state index in [2.05, 4.69) is 30.1 Å². The number of benzene rings is 2. The first-order valence-electron chi connectivity index (χ1n) is 11.5. The van der Waals surface area contributed by atoms with Crippen molar-refractivity contribution in [1.29, 1.82) is 5.41 Å². The predicted molar refractivity (Wildman–Crippen MR) is 135 cm³/mol. The Balaban J connectivity index is 1.68. The highest BCUT2D eigenvalue weighted by molar-refractivity contribution is 6.24. The number of aliphatic hydroxyl groups excluding tert-OH is 1. The highest BCUT2D eigenvalue weighted by Crippen LogP contribution is 2.14.